The number of hydrogen-bond donors (Lipinski definition) is 1. The first-order valence-electron chi connectivity index (χ1n) is 7.05. The second-order valence-corrected chi connectivity index (χ2v) is 6.28. The minimum absolute atomic E-state index is 0.301. The minimum atomic E-state index is 0.301. The lowest BCUT2D eigenvalue weighted by Gasteiger charge is -2.12. The van der Waals surface area contributed by atoms with Gasteiger partial charge in [0.1, 0.15) is 0 Å². The Hall–Kier alpha value is -1.68. The summed E-state index contributed by atoms with van der Waals surface area (Å²) in [6, 6.07) is 12.5. The van der Waals surface area contributed by atoms with Gasteiger partial charge in [-0.15, -0.1) is 0 Å². The summed E-state index contributed by atoms with van der Waals surface area (Å²) >= 11 is 3.59. The number of ether oxygens (including phenoxy) is 2. The summed E-state index contributed by atoms with van der Waals surface area (Å²) in [6.07, 6.45) is 0. The van der Waals surface area contributed by atoms with Crippen molar-refractivity contribution in [2.24, 2.45) is 0 Å². The van der Waals surface area contributed by atoms with E-state index < -0.39 is 0 Å². The average molecular weight is 348 g/mol. The van der Waals surface area contributed by atoms with Gasteiger partial charge in [0.15, 0.2) is 11.5 Å². The van der Waals surface area contributed by atoms with Gasteiger partial charge in [0.2, 0.25) is 6.79 Å². The number of hydrogen-bond acceptors (Lipinski definition) is 3. The van der Waals surface area contributed by atoms with Crippen LogP contribution >= 0.6 is 15.9 Å². The van der Waals surface area contributed by atoms with Gasteiger partial charge in [-0.1, -0.05) is 41.9 Å². The number of benzene rings is 2. The molecule has 0 atom stereocenters. The molecule has 1 N–H and O–H groups in total. The van der Waals surface area contributed by atoms with Crippen LogP contribution in [0.15, 0.2) is 40.9 Å². The van der Waals surface area contributed by atoms with Gasteiger partial charge in [-0.3, -0.25) is 0 Å². The van der Waals surface area contributed by atoms with E-state index in [-0.39, 0.29) is 0 Å². The topological polar surface area (TPSA) is 30.5 Å². The summed E-state index contributed by atoms with van der Waals surface area (Å²) in [5, 5.41) is 3.46. The highest BCUT2D eigenvalue weighted by Crippen LogP contribution is 2.37. The van der Waals surface area contributed by atoms with E-state index in [9.17, 15) is 0 Å². The Morgan fingerprint density at radius 1 is 1.14 bits per heavy atom. The average Bonchev–Trinajstić information content (AvgIpc) is 2.92. The number of halogens is 1. The molecule has 0 unspecified atom stereocenters. The highest BCUT2D eigenvalue weighted by Gasteiger charge is 2.16. The van der Waals surface area contributed by atoms with Crippen LogP contribution < -0.4 is 14.8 Å². The van der Waals surface area contributed by atoms with E-state index in [0.29, 0.717) is 12.7 Å². The van der Waals surface area contributed by atoms with Crippen molar-refractivity contribution in [3.63, 3.8) is 0 Å². The van der Waals surface area contributed by atoms with Crippen LogP contribution in [0.2, 0.25) is 0 Å². The lowest BCUT2D eigenvalue weighted by Crippen LogP contribution is -2.01. The Bertz CT molecular complexity index is 655. The molecule has 0 saturated heterocycles. The van der Waals surface area contributed by atoms with Crippen molar-refractivity contribution < 1.29 is 9.47 Å². The first kappa shape index (κ1) is 14.3. The molecule has 1 aliphatic rings. The van der Waals surface area contributed by atoms with E-state index in [1.807, 2.05) is 12.1 Å². The number of fused-ring (bicyclic) bond motifs is 1. The highest BCUT2D eigenvalue weighted by molar-refractivity contribution is 9.10. The van der Waals surface area contributed by atoms with E-state index in [1.54, 1.807) is 0 Å². The van der Waals surface area contributed by atoms with Gasteiger partial charge in [-0.05, 0) is 41.3 Å². The molecule has 2 aromatic carbocycles. The largest absolute Gasteiger partial charge is 0.454 e. The fraction of sp³-hybridized carbons (Fsp3) is 0.294. The standard InChI is InChI=1S/C17H18BrNO2/c1-11(2)12-4-3-5-14(6-12)19-9-13-7-16-17(8-15(13)18)21-10-20-16/h3-8,11,19H,9-10H2,1-2H3. The SMILES string of the molecule is CC(C)c1cccc(NCc2cc3c(cc2Br)OCO3)c1. The molecule has 1 heterocycles. The Labute approximate surface area is 133 Å². The lowest BCUT2D eigenvalue weighted by atomic mass is 10.0. The third kappa shape index (κ3) is 3.16. The number of rotatable bonds is 4. The Morgan fingerprint density at radius 3 is 2.67 bits per heavy atom. The maximum Gasteiger partial charge on any atom is 0.231 e. The molecule has 0 radical (unpaired) electrons. The molecule has 0 aromatic heterocycles. The molecule has 0 fully saturated rings. The third-order valence-corrected chi connectivity index (χ3v) is 4.32. The molecule has 0 aliphatic carbocycles. The fourth-order valence-corrected chi connectivity index (χ4v) is 2.76. The van der Waals surface area contributed by atoms with Gasteiger partial charge in [0.05, 0.1) is 0 Å². The van der Waals surface area contributed by atoms with Crippen molar-refractivity contribution in [1.82, 2.24) is 0 Å². The molecule has 3 nitrogen and oxygen atoms in total. The van der Waals surface area contributed by atoms with Crippen molar-refractivity contribution >= 4 is 21.6 Å². The van der Waals surface area contributed by atoms with Crippen molar-refractivity contribution in [2.75, 3.05) is 12.1 Å². The molecule has 110 valence electrons. The Balaban J connectivity index is 1.74. The van der Waals surface area contributed by atoms with Crippen LogP contribution in [0.5, 0.6) is 11.5 Å². The first-order chi connectivity index (χ1) is 10.1. The number of anilines is 1. The summed E-state index contributed by atoms with van der Waals surface area (Å²) in [7, 11) is 0. The van der Waals surface area contributed by atoms with Gasteiger partial charge in [-0.2, -0.15) is 0 Å². The fourth-order valence-electron chi connectivity index (χ4n) is 2.30. The van der Waals surface area contributed by atoms with Crippen molar-refractivity contribution in [3.8, 4) is 11.5 Å². The lowest BCUT2D eigenvalue weighted by molar-refractivity contribution is 0.174. The van der Waals surface area contributed by atoms with Gasteiger partial charge in [0, 0.05) is 16.7 Å². The van der Waals surface area contributed by atoms with Crippen LogP contribution in [-0.2, 0) is 6.54 Å². The van der Waals surface area contributed by atoms with E-state index in [1.165, 1.54) is 5.56 Å². The summed E-state index contributed by atoms with van der Waals surface area (Å²) in [4.78, 5) is 0. The molecular weight excluding hydrogens is 330 g/mol. The van der Waals surface area contributed by atoms with E-state index in [4.69, 9.17) is 9.47 Å². The second kappa shape index (κ2) is 5.98. The molecule has 0 amide bonds. The third-order valence-electron chi connectivity index (χ3n) is 3.58. The van der Waals surface area contributed by atoms with Gasteiger partial charge < -0.3 is 14.8 Å². The minimum Gasteiger partial charge on any atom is -0.454 e. The van der Waals surface area contributed by atoms with Crippen LogP contribution in [-0.4, -0.2) is 6.79 Å². The summed E-state index contributed by atoms with van der Waals surface area (Å²) in [5.41, 5.74) is 3.62. The van der Waals surface area contributed by atoms with Gasteiger partial charge >= 0.3 is 0 Å². The summed E-state index contributed by atoms with van der Waals surface area (Å²) < 4.78 is 11.8. The molecule has 3 rings (SSSR count). The maximum atomic E-state index is 5.43. The zero-order valence-electron chi connectivity index (χ0n) is 12.2. The van der Waals surface area contributed by atoms with E-state index in [0.717, 1.165) is 33.8 Å². The molecule has 21 heavy (non-hydrogen) atoms. The van der Waals surface area contributed by atoms with E-state index >= 15 is 0 Å². The monoisotopic (exact) mass is 347 g/mol. The van der Waals surface area contributed by atoms with Crippen LogP contribution in [0, 0.1) is 0 Å². The Morgan fingerprint density at radius 2 is 1.90 bits per heavy atom. The normalized spacial score (nSPS) is 12.8. The van der Waals surface area contributed by atoms with Gasteiger partial charge in [-0.25, -0.2) is 0 Å². The zero-order valence-corrected chi connectivity index (χ0v) is 13.7. The molecule has 4 heteroatoms. The predicted octanol–water partition coefficient (Wildman–Crippen LogP) is 4.91. The van der Waals surface area contributed by atoms with Crippen LogP contribution in [0.3, 0.4) is 0 Å². The number of nitrogens with one attached hydrogen (secondary N) is 1. The maximum absolute atomic E-state index is 5.43. The van der Waals surface area contributed by atoms with E-state index in [2.05, 4.69) is 59.4 Å². The smallest absolute Gasteiger partial charge is 0.231 e. The summed E-state index contributed by atoms with van der Waals surface area (Å²) in [5.74, 6) is 2.14. The van der Waals surface area contributed by atoms with Crippen LogP contribution in [0.4, 0.5) is 5.69 Å². The zero-order chi connectivity index (χ0) is 14.8. The van der Waals surface area contributed by atoms with Gasteiger partial charge in [0.25, 0.3) is 0 Å². The van der Waals surface area contributed by atoms with Crippen LogP contribution in [0.25, 0.3) is 0 Å². The van der Waals surface area contributed by atoms with Crippen LogP contribution in [0.1, 0.15) is 30.9 Å². The van der Waals surface area contributed by atoms with Crippen molar-refractivity contribution in [1.29, 1.82) is 0 Å². The second-order valence-electron chi connectivity index (χ2n) is 5.43. The Kier molecular flexibility index (Phi) is 4.06. The first-order valence-corrected chi connectivity index (χ1v) is 7.84. The molecule has 1 aliphatic heterocycles. The van der Waals surface area contributed by atoms with Crippen molar-refractivity contribution in [2.45, 2.75) is 26.3 Å². The molecule has 2 aromatic rings. The highest BCUT2D eigenvalue weighted by atomic mass is 79.9. The van der Waals surface area contributed by atoms with Crippen molar-refractivity contribution in [3.05, 3.63) is 52.0 Å². The quantitative estimate of drug-likeness (QED) is 0.851. The summed E-state index contributed by atoms with van der Waals surface area (Å²) in [6.45, 7) is 5.44. The molecule has 0 bridgehead atoms. The molecule has 0 spiro atoms. The molecular formula is C17H18BrNO2. The predicted molar refractivity (Wildman–Crippen MR) is 88.1 cm³/mol. The molecule has 0 saturated carbocycles.